The van der Waals surface area contributed by atoms with Crippen LogP contribution in [-0.2, 0) is 51.2 Å². The number of nitrogens with one attached hydrogen (secondary N) is 6. The van der Waals surface area contributed by atoms with E-state index in [0.29, 0.717) is 23.3 Å². The summed E-state index contributed by atoms with van der Waals surface area (Å²) in [6.45, 7) is 1.36. The van der Waals surface area contributed by atoms with Crippen LogP contribution in [0.25, 0.3) is 10.9 Å². The molecule has 1 aliphatic rings. The molecule has 1 fully saturated rings. The Morgan fingerprint density at radius 3 is 2.10 bits per heavy atom. The number of aliphatic hydroxyl groups excluding tert-OH is 1. The maximum atomic E-state index is 14.0. The molecule has 0 spiro atoms. The average Bonchev–Trinajstić information content (AvgIpc) is 3.91. The van der Waals surface area contributed by atoms with Crippen LogP contribution >= 0.6 is 24.4 Å². The van der Waals surface area contributed by atoms with E-state index >= 15 is 0 Å². The monoisotopic (exact) mass is 914 g/mol. The number of carboxylic acids is 2. The minimum atomic E-state index is -1.85. The molecular formula is C41H54N8O12S2. The Bertz CT molecular complexity index is 2120. The van der Waals surface area contributed by atoms with Gasteiger partial charge in [0.2, 0.25) is 35.4 Å². The van der Waals surface area contributed by atoms with Gasteiger partial charge in [-0.1, -0.05) is 30.3 Å². The average molecular weight is 915 g/mol. The van der Waals surface area contributed by atoms with Gasteiger partial charge in [0.25, 0.3) is 0 Å². The van der Waals surface area contributed by atoms with Gasteiger partial charge in [-0.2, -0.15) is 24.4 Å². The fraction of sp³-hybridized carbons (Fsp3) is 0.463. The van der Waals surface area contributed by atoms with E-state index in [1.807, 2.05) is 24.5 Å². The number of amides is 6. The number of hydrogen-bond donors (Lipinski definition) is 12. The van der Waals surface area contributed by atoms with Crippen LogP contribution in [0.1, 0.15) is 43.7 Å². The smallest absolute Gasteiger partial charge is 0.326 e. The highest BCUT2D eigenvalue weighted by Gasteiger charge is 2.39. The molecule has 342 valence electrons. The number of para-hydroxylation sites is 1. The second-order valence-corrected chi connectivity index (χ2v) is 16.5. The van der Waals surface area contributed by atoms with E-state index in [2.05, 4.69) is 44.2 Å². The first-order valence-corrected chi connectivity index (χ1v) is 22.1. The van der Waals surface area contributed by atoms with Gasteiger partial charge in [0, 0.05) is 42.2 Å². The molecule has 0 radical (unpaired) electrons. The zero-order chi connectivity index (χ0) is 46.4. The molecule has 0 saturated carbocycles. The fourth-order valence-electron chi connectivity index (χ4n) is 6.98. The van der Waals surface area contributed by atoms with Crippen molar-refractivity contribution in [2.45, 2.75) is 93.8 Å². The van der Waals surface area contributed by atoms with Crippen LogP contribution in [0.3, 0.4) is 0 Å². The Labute approximate surface area is 372 Å². The van der Waals surface area contributed by atoms with Gasteiger partial charge >= 0.3 is 11.9 Å². The van der Waals surface area contributed by atoms with Gasteiger partial charge in [-0.15, -0.1) is 0 Å². The second kappa shape index (κ2) is 23.6. The maximum absolute atomic E-state index is 14.0. The predicted octanol–water partition coefficient (Wildman–Crippen LogP) is -0.976. The molecule has 0 aliphatic carbocycles. The maximum Gasteiger partial charge on any atom is 0.326 e. The number of thiol groups is 1. The highest BCUT2D eigenvalue weighted by Crippen LogP contribution is 2.23. The molecule has 1 aromatic heterocycles. The number of aromatic hydroxyl groups is 1. The number of benzene rings is 2. The number of nitrogens with zero attached hydrogens (tertiary/aromatic N) is 1. The van der Waals surface area contributed by atoms with Crippen molar-refractivity contribution in [2.24, 2.45) is 5.73 Å². The lowest BCUT2D eigenvalue weighted by atomic mass is 10.0. The van der Waals surface area contributed by atoms with Gasteiger partial charge in [-0.05, 0) is 67.5 Å². The van der Waals surface area contributed by atoms with Crippen LogP contribution in [0.2, 0.25) is 0 Å². The number of fused-ring (bicyclic) bond motifs is 1. The standard InChI is InChI=1S/C41H54N8O12S2/c1-21(50)34(48-35(54)26(42)13-15-63-2)39(58)45-28(16-22-9-11-24(51)12-10-22)36(55)44-29(18-33(52)53)37(56)47-31(20-62)38(57)46-30(40(59)49-14-5-8-32(49)41(60)61)17-23-19-43-27-7-4-3-6-25(23)27/h3-4,6-7,9-12,19,21,26,28-32,34,43,50-51,62H,5,8,13-18,20,42H2,1-2H3,(H,44,55)(H,45,58)(H,46,57)(H,47,56)(H,48,54)(H,52,53)(H,60,61)/t21-,26+,28+,29+,30+,31+,32+,34+/m1/s1. The molecule has 22 heteroatoms. The van der Waals surface area contributed by atoms with E-state index in [4.69, 9.17) is 5.73 Å². The molecule has 3 aromatic rings. The third-order valence-electron chi connectivity index (χ3n) is 10.4. The summed E-state index contributed by atoms with van der Waals surface area (Å²) in [6, 6.07) is 2.79. The largest absolute Gasteiger partial charge is 0.508 e. The molecule has 2 aromatic carbocycles. The van der Waals surface area contributed by atoms with Crippen molar-refractivity contribution in [3.05, 3.63) is 65.9 Å². The first-order valence-electron chi connectivity index (χ1n) is 20.1. The van der Waals surface area contributed by atoms with E-state index in [1.54, 1.807) is 12.3 Å². The molecule has 12 N–H and O–H groups in total. The Balaban J connectivity index is 1.55. The summed E-state index contributed by atoms with van der Waals surface area (Å²) >= 11 is 5.67. The molecule has 0 bridgehead atoms. The summed E-state index contributed by atoms with van der Waals surface area (Å²) in [5.74, 6) is -8.21. The highest BCUT2D eigenvalue weighted by molar-refractivity contribution is 7.98. The van der Waals surface area contributed by atoms with Crippen molar-refractivity contribution in [1.29, 1.82) is 0 Å². The van der Waals surface area contributed by atoms with Gasteiger partial charge in [0.15, 0.2) is 0 Å². The van der Waals surface area contributed by atoms with Gasteiger partial charge in [-0.25, -0.2) is 4.79 Å². The summed E-state index contributed by atoms with van der Waals surface area (Å²) in [4.78, 5) is 110. The summed E-state index contributed by atoms with van der Waals surface area (Å²) in [5.41, 5.74) is 7.74. The zero-order valence-electron chi connectivity index (χ0n) is 34.6. The van der Waals surface area contributed by atoms with E-state index in [-0.39, 0.29) is 43.7 Å². The van der Waals surface area contributed by atoms with Gasteiger partial charge in [0.05, 0.1) is 18.6 Å². The number of aromatic nitrogens is 1. The molecular weight excluding hydrogens is 861 g/mol. The molecule has 63 heavy (non-hydrogen) atoms. The molecule has 1 aliphatic heterocycles. The molecule has 0 unspecified atom stereocenters. The van der Waals surface area contributed by atoms with E-state index in [1.165, 1.54) is 47.9 Å². The van der Waals surface area contributed by atoms with Gasteiger partial charge < -0.3 is 62.6 Å². The molecule has 8 atom stereocenters. The number of aromatic amines is 1. The number of phenolic OH excluding ortho intramolecular Hbond substituents is 1. The summed E-state index contributed by atoms with van der Waals surface area (Å²) in [5, 5.41) is 52.7. The number of rotatable bonds is 23. The third-order valence-corrected chi connectivity index (χ3v) is 11.4. The normalized spacial score (nSPS) is 17.0. The van der Waals surface area contributed by atoms with Gasteiger partial charge in [0.1, 0.15) is 42.0 Å². The molecule has 4 rings (SSSR count). The summed E-state index contributed by atoms with van der Waals surface area (Å²) in [6.07, 6.45) is 1.57. The molecule has 2 heterocycles. The Hall–Kier alpha value is -5.84. The number of aliphatic carboxylic acids is 2. The number of carboxylic acid groups (broad SMARTS) is 2. The zero-order valence-corrected chi connectivity index (χ0v) is 36.3. The lowest BCUT2D eigenvalue weighted by molar-refractivity contribution is -0.149. The van der Waals surface area contributed by atoms with E-state index < -0.39 is 102 Å². The SMILES string of the molecule is CSCC[C@H](N)C(=O)N[C@H](C(=O)N[C@@H](Cc1ccc(O)cc1)C(=O)N[C@@H](CC(=O)O)C(=O)N[C@@H](CS)C(=O)N[C@@H](Cc1c[nH]c2ccccc12)C(=O)N1CCC[C@H]1C(=O)O)[C@@H](C)O. The first-order chi connectivity index (χ1) is 29.9. The topological polar surface area (TPSA) is 323 Å². The van der Waals surface area contributed by atoms with Crippen molar-refractivity contribution in [3.8, 4) is 5.75 Å². The number of aliphatic hydroxyl groups is 1. The minimum Gasteiger partial charge on any atom is -0.508 e. The Morgan fingerprint density at radius 2 is 1.46 bits per heavy atom. The van der Waals surface area contributed by atoms with Crippen LogP contribution in [0.15, 0.2) is 54.7 Å². The molecule has 1 saturated heterocycles. The Morgan fingerprint density at radius 1 is 0.841 bits per heavy atom. The first kappa shape index (κ1) is 49.8. The summed E-state index contributed by atoms with van der Waals surface area (Å²) in [7, 11) is 0. The lowest BCUT2D eigenvalue weighted by Crippen LogP contribution is -2.61. The minimum absolute atomic E-state index is 0.0685. The highest BCUT2D eigenvalue weighted by atomic mass is 32.2. The lowest BCUT2D eigenvalue weighted by Gasteiger charge is -2.29. The van der Waals surface area contributed by atoms with E-state index in [0.717, 1.165) is 10.9 Å². The second-order valence-electron chi connectivity index (χ2n) is 15.1. The molecule has 6 amide bonds. The van der Waals surface area contributed by atoms with Crippen molar-refractivity contribution < 1.29 is 58.8 Å². The van der Waals surface area contributed by atoms with Crippen molar-refractivity contribution >= 4 is 82.7 Å². The number of phenols is 1. The van der Waals surface area contributed by atoms with E-state index in [9.17, 15) is 58.8 Å². The number of hydrogen-bond acceptors (Lipinski definition) is 13. The number of carbonyl (C=O) groups excluding carboxylic acids is 6. The Kier molecular flexibility index (Phi) is 18.6. The van der Waals surface area contributed by atoms with Gasteiger partial charge in [-0.3, -0.25) is 33.6 Å². The summed E-state index contributed by atoms with van der Waals surface area (Å²) < 4.78 is 0. The van der Waals surface area contributed by atoms with Crippen LogP contribution in [0, 0.1) is 0 Å². The third kappa shape index (κ3) is 14.1. The number of likely N-dealkylation sites (tertiary alicyclic amines) is 1. The van der Waals surface area contributed by atoms with Crippen molar-refractivity contribution in [3.63, 3.8) is 0 Å². The number of nitrogens with two attached hydrogens (primary N) is 1. The van der Waals surface area contributed by atoms with Crippen LogP contribution in [-0.4, -0.2) is 150 Å². The van der Waals surface area contributed by atoms with Crippen molar-refractivity contribution in [1.82, 2.24) is 36.5 Å². The number of H-pyrrole nitrogens is 1. The van der Waals surface area contributed by atoms with Crippen LogP contribution < -0.4 is 32.3 Å². The number of thioether (sulfide) groups is 1. The van der Waals surface area contributed by atoms with Crippen LogP contribution in [0.4, 0.5) is 0 Å². The molecule has 20 nitrogen and oxygen atoms in total. The predicted molar refractivity (Wildman–Crippen MR) is 235 cm³/mol. The quantitative estimate of drug-likeness (QED) is 0.0510. The van der Waals surface area contributed by atoms with Crippen molar-refractivity contribution in [2.75, 3.05) is 24.3 Å². The van der Waals surface area contributed by atoms with Crippen LogP contribution in [0.5, 0.6) is 5.75 Å². The number of carbonyl (C=O) groups is 8. The fourth-order valence-corrected chi connectivity index (χ4v) is 7.73.